The van der Waals surface area contributed by atoms with Crippen LogP contribution >= 0.6 is 0 Å². The third kappa shape index (κ3) is 5.73. The van der Waals surface area contributed by atoms with Gasteiger partial charge in [0, 0.05) is 26.2 Å². The molecule has 0 aliphatic carbocycles. The van der Waals surface area contributed by atoms with Crippen molar-refractivity contribution in [2.75, 3.05) is 32.8 Å². The lowest BCUT2D eigenvalue weighted by Gasteiger charge is -2.28. The number of carbonyl (C=O) groups is 1. The fourth-order valence-corrected chi connectivity index (χ4v) is 3.31. The first kappa shape index (κ1) is 19.2. The van der Waals surface area contributed by atoms with Crippen molar-refractivity contribution < 1.29 is 14.3 Å². The second kappa shape index (κ2) is 9.97. The normalized spacial score (nSPS) is 13.7. The molecule has 0 saturated heterocycles. The quantitative estimate of drug-likeness (QED) is 0.691. The molecular weight excluding hydrogens is 340 g/mol. The summed E-state index contributed by atoms with van der Waals surface area (Å²) in [7, 11) is 0. The van der Waals surface area contributed by atoms with E-state index in [1.165, 1.54) is 11.1 Å². The molecule has 0 aromatic heterocycles. The maximum Gasteiger partial charge on any atom is 0.257 e. The van der Waals surface area contributed by atoms with Crippen LogP contribution in [0, 0.1) is 0 Å². The van der Waals surface area contributed by atoms with Crippen LogP contribution in [0.3, 0.4) is 0 Å². The Labute approximate surface area is 161 Å². The largest absolute Gasteiger partial charge is 0.490 e. The Morgan fingerprint density at radius 2 is 1.74 bits per heavy atom. The molecule has 144 valence electrons. The highest BCUT2D eigenvalue weighted by atomic mass is 16.5. The summed E-state index contributed by atoms with van der Waals surface area (Å²) in [6.45, 7) is 6.22. The maximum atomic E-state index is 12.0. The van der Waals surface area contributed by atoms with E-state index >= 15 is 0 Å². The molecule has 0 atom stereocenters. The molecule has 5 nitrogen and oxygen atoms in total. The Morgan fingerprint density at radius 3 is 2.52 bits per heavy atom. The molecule has 1 aliphatic heterocycles. The zero-order valence-corrected chi connectivity index (χ0v) is 15.9. The zero-order chi connectivity index (χ0) is 18.9. The Kier molecular flexibility index (Phi) is 7.11. The molecule has 5 heteroatoms. The molecule has 2 aromatic carbocycles. The van der Waals surface area contributed by atoms with E-state index in [9.17, 15) is 4.79 Å². The summed E-state index contributed by atoms with van der Waals surface area (Å²) >= 11 is 0. The molecule has 1 aliphatic rings. The van der Waals surface area contributed by atoms with Gasteiger partial charge in [0.05, 0.1) is 6.61 Å². The van der Waals surface area contributed by atoms with E-state index in [2.05, 4.69) is 34.5 Å². The number of benzene rings is 2. The first-order valence-electron chi connectivity index (χ1n) is 9.66. The van der Waals surface area contributed by atoms with Crippen molar-refractivity contribution in [3.05, 3.63) is 59.7 Å². The van der Waals surface area contributed by atoms with E-state index in [0.29, 0.717) is 24.7 Å². The molecule has 0 unspecified atom stereocenters. The predicted molar refractivity (Wildman–Crippen MR) is 106 cm³/mol. The molecule has 3 rings (SSSR count). The van der Waals surface area contributed by atoms with Crippen LogP contribution in [0.25, 0.3) is 0 Å². The van der Waals surface area contributed by atoms with Gasteiger partial charge in [-0.3, -0.25) is 9.69 Å². The van der Waals surface area contributed by atoms with Gasteiger partial charge in [0.1, 0.15) is 0 Å². The van der Waals surface area contributed by atoms with Crippen molar-refractivity contribution in [3.8, 4) is 11.5 Å². The Hall–Kier alpha value is -2.53. The van der Waals surface area contributed by atoms with E-state index in [4.69, 9.17) is 9.47 Å². The number of amides is 1. The third-order valence-corrected chi connectivity index (χ3v) is 4.69. The van der Waals surface area contributed by atoms with Gasteiger partial charge in [0.25, 0.3) is 5.91 Å². The maximum absolute atomic E-state index is 12.0. The summed E-state index contributed by atoms with van der Waals surface area (Å²) in [4.78, 5) is 14.5. The van der Waals surface area contributed by atoms with E-state index in [0.717, 1.165) is 32.5 Å². The van der Waals surface area contributed by atoms with E-state index in [-0.39, 0.29) is 12.5 Å². The molecule has 0 radical (unpaired) electrons. The molecule has 0 fully saturated rings. The fourth-order valence-electron chi connectivity index (χ4n) is 3.31. The molecular formula is C22H28N2O3. The van der Waals surface area contributed by atoms with Crippen molar-refractivity contribution in [3.63, 3.8) is 0 Å². The molecule has 1 amide bonds. The monoisotopic (exact) mass is 368 g/mol. The van der Waals surface area contributed by atoms with Crippen LogP contribution in [0.15, 0.2) is 48.5 Å². The van der Waals surface area contributed by atoms with Gasteiger partial charge in [0.15, 0.2) is 18.1 Å². The molecule has 1 heterocycles. The van der Waals surface area contributed by atoms with Gasteiger partial charge in [-0.05, 0) is 43.0 Å². The number of nitrogens with one attached hydrogen (secondary N) is 1. The van der Waals surface area contributed by atoms with Crippen molar-refractivity contribution >= 4 is 5.91 Å². The third-order valence-electron chi connectivity index (χ3n) is 4.69. The first-order chi connectivity index (χ1) is 13.3. The lowest BCUT2D eigenvalue weighted by molar-refractivity contribution is -0.123. The van der Waals surface area contributed by atoms with Crippen molar-refractivity contribution in [1.29, 1.82) is 0 Å². The number of fused-ring (bicyclic) bond motifs is 1. The first-order valence-corrected chi connectivity index (χ1v) is 9.66. The molecule has 27 heavy (non-hydrogen) atoms. The average molecular weight is 368 g/mol. The van der Waals surface area contributed by atoms with Crippen LogP contribution in [-0.2, 0) is 17.8 Å². The summed E-state index contributed by atoms with van der Waals surface area (Å²) in [6.07, 6.45) is 2.04. The lowest BCUT2D eigenvalue weighted by atomic mass is 10.00. The van der Waals surface area contributed by atoms with E-state index in [1.54, 1.807) is 0 Å². The highest BCUT2D eigenvalue weighted by Crippen LogP contribution is 2.26. The van der Waals surface area contributed by atoms with Crippen molar-refractivity contribution in [1.82, 2.24) is 10.2 Å². The summed E-state index contributed by atoms with van der Waals surface area (Å²) in [5.41, 5.74) is 2.89. The van der Waals surface area contributed by atoms with Gasteiger partial charge in [0.2, 0.25) is 0 Å². The fraction of sp³-hybridized carbons (Fsp3) is 0.409. The van der Waals surface area contributed by atoms with Crippen LogP contribution in [0.4, 0.5) is 0 Å². The Balaban J connectivity index is 1.33. The van der Waals surface area contributed by atoms with Gasteiger partial charge < -0.3 is 14.8 Å². The number of hydrogen-bond acceptors (Lipinski definition) is 4. The Morgan fingerprint density at radius 1 is 1.04 bits per heavy atom. The average Bonchev–Trinajstić information content (AvgIpc) is 2.70. The second-order valence-electron chi connectivity index (χ2n) is 6.67. The lowest BCUT2D eigenvalue weighted by Crippen LogP contribution is -2.35. The number of nitrogens with zero attached hydrogens (tertiary/aromatic N) is 1. The van der Waals surface area contributed by atoms with E-state index in [1.807, 2.05) is 31.2 Å². The van der Waals surface area contributed by atoms with Crippen molar-refractivity contribution in [2.45, 2.75) is 26.3 Å². The summed E-state index contributed by atoms with van der Waals surface area (Å²) in [5.74, 6) is 1.16. The van der Waals surface area contributed by atoms with Crippen LogP contribution in [-0.4, -0.2) is 43.7 Å². The zero-order valence-electron chi connectivity index (χ0n) is 15.9. The number of para-hydroxylation sites is 2. The SMILES string of the molecule is CCOc1ccccc1OCC(=O)NCCCN1CCc2ccccc2C1. The van der Waals surface area contributed by atoms with Crippen LogP contribution in [0.1, 0.15) is 24.5 Å². The van der Waals surface area contributed by atoms with Crippen LogP contribution in [0.5, 0.6) is 11.5 Å². The van der Waals surface area contributed by atoms with Crippen molar-refractivity contribution in [2.24, 2.45) is 0 Å². The molecule has 0 saturated carbocycles. The number of ether oxygens (including phenoxy) is 2. The number of rotatable bonds is 9. The molecule has 0 bridgehead atoms. The topological polar surface area (TPSA) is 50.8 Å². The standard InChI is InChI=1S/C22H28N2O3/c1-2-26-20-10-5-6-11-21(20)27-17-22(25)23-13-7-14-24-15-12-18-8-3-4-9-19(18)16-24/h3-6,8-11H,2,7,12-17H2,1H3,(H,23,25). The van der Waals surface area contributed by atoms with E-state index < -0.39 is 0 Å². The highest BCUT2D eigenvalue weighted by Gasteiger charge is 2.15. The molecule has 1 N–H and O–H groups in total. The van der Waals surface area contributed by atoms with Gasteiger partial charge in [-0.2, -0.15) is 0 Å². The van der Waals surface area contributed by atoms with Crippen LogP contribution < -0.4 is 14.8 Å². The molecule has 0 spiro atoms. The summed E-state index contributed by atoms with van der Waals surface area (Å²) < 4.78 is 11.1. The van der Waals surface area contributed by atoms with Gasteiger partial charge in [-0.15, -0.1) is 0 Å². The van der Waals surface area contributed by atoms with Crippen LogP contribution in [0.2, 0.25) is 0 Å². The predicted octanol–water partition coefficient (Wildman–Crippen LogP) is 3.03. The minimum Gasteiger partial charge on any atom is -0.490 e. The summed E-state index contributed by atoms with van der Waals surface area (Å²) in [5, 5.41) is 2.93. The Bertz CT molecular complexity index is 748. The van der Waals surface area contributed by atoms with Gasteiger partial charge >= 0.3 is 0 Å². The van der Waals surface area contributed by atoms with Gasteiger partial charge in [-0.25, -0.2) is 0 Å². The molecule has 2 aromatic rings. The van der Waals surface area contributed by atoms with Gasteiger partial charge in [-0.1, -0.05) is 36.4 Å². The minimum atomic E-state index is -0.106. The number of hydrogen-bond donors (Lipinski definition) is 1. The smallest absolute Gasteiger partial charge is 0.257 e. The number of carbonyl (C=O) groups excluding carboxylic acids is 1. The second-order valence-corrected chi connectivity index (χ2v) is 6.67. The minimum absolute atomic E-state index is 0.00117. The summed E-state index contributed by atoms with van der Waals surface area (Å²) in [6, 6.07) is 16.0. The highest BCUT2D eigenvalue weighted by molar-refractivity contribution is 5.77.